The van der Waals surface area contributed by atoms with E-state index in [1.54, 1.807) is 39.1 Å². The average Bonchev–Trinajstić information content (AvgIpc) is 3.78. The molecular formula is C36H41N7O5S. The molecular weight excluding hydrogens is 643 g/mol. The van der Waals surface area contributed by atoms with Gasteiger partial charge < -0.3 is 9.42 Å². The molecule has 4 aromatic rings. The van der Waals surface area contributed by atoms with Crippen LogP contribution in [-0.2, 0) is 27.9 Å². The summed E-state index contributed by atoms with van der Waals surface area (Å²) in [6, 6.07) is 12.4. The second-order valence-electron chi connectivity index (χ2n) is 12.8. The summed E-state index contributed by atoms with van der Waals surface area (Å²) in [6.45, 7) is 6.02. The molecule has 3 heterocycles. The Labute approximate surface area is 286 Å². The lowest BCUT2D eigenvalue weighted by molar-refractivity contribution is -0.131. The number of nitrogens with one attached hydrogen (secondary N) is 1. The topological polar surface area (TPSA) is 151 Å². The molecule has 2 aromatic carbocycles. The minimum absolute atomic E-state index is 0.0406. The Hall–Kier alpha value is -4.91. The quantitative estimate of drug-likeness (QED) is 0.189. The van der Waals surface area contributed by atoms with Crippen molar-refractivity contribution in [2.45, 2.75) is 89.2 Å². The molecule has 1 aliphatic carbocycles. The monoisotopic (exact) mass is 683 g/mol. The number of aromatic nitrogens is 3. The molecule has 1 N–H and O–H groups in total. The van der Waals surface area contributed by atoms with E-state index in [9.17, 15) is 18.0 Å². The summed E-state index contributed by atoms with van der Waals surface area (Å²) in [7, 11) is -2.45. The Morgan fingerprint density at radius 2 is 1.86 bits per heavy atom. The summed E-state index contributed by atoms with van der Waals surface area (Å²) in [5.74, 6) is 1.18. The normalized spacial score (nSPS) is 15.6. The molecule has 0 bridgehead atoms. The SMILES string of the molecule is CCCCC1=NC2(CCCC2)C(=O)N1Cc1ccc(-c2ccccc2S(=O)(=O)Nc2noc(C)c2C)c(CN(C)C(=O)c2cnccn2)c1. The number of sulfonamides is 1. The predicted octanol–water partition coefficient (Wildman–Crippen LogP) is 6.07. The lowest BCUT2D eigenvalue weighted by Crippen LogP contribution is -2.40. The van der Waals surface area contributed by atoms with Gasteiger partial charge in [0.15, 0.2) is 5.82 Å². The first kappa shape index (κ1) is 34.0. The zero-order valence-corrected chi connectivity index (χ0v) is 29.1. The maximum absolute atomic E-state index is 13.9. The lowest BCUT2D eigenvalue weighted by Gasteiger charge is -2.24. The van der Waals surface area contributed by atoms with Gasteiger partial charge in [0.25, 0.3) is 21.8 Å². The van der Waals surface area contributed by atoms with Gasteiger partial charge in [0.2, 0.25) is 0 Å². The highest BCUT2D eigenvalue weighted by Crippen LogP contribution is 2.40. The summed E-state index contributed by atoms with van der Waals surface area (Å²) in [6.07, 6.45) is 10.5. The number of nitrogens with zero attached hydrogens (tertiary/aromatic N) is 6. The van der Waals surface area contributed by atoms with Gasteiger partial charge >= 0.3 is 0 Å². The molecule has 1 saturated carbocycles. The van der Waals surface area contributed by atoms with Gasteiger partial charge in [-0.25, -0.2) is 13.4 Å². The van der Waals surface area contributed by atoms with Crippen LogP contribution in [0, 0.1) is 13.8 Å². The highest BCUT2D eigenvalue weighted by Gasteiger charge is 2.49. The van der Waals surface area contributed by atoms with E-state index in [0.29, 0.717) is 34.6 Å². The zero-order valence-electron chi connectivity index (χ0n) is 28.3. The standard InChI is InChI=1S/C36H41N7O5S/c1-5-6-13-32-39-36(16-9-10-17-36)35(45)43(32)22-26-14-15-28(27(20-26)23-42(4)34(44)30-21-37-18-19-38-30)29-11-7-8-12-31(29)49(46,47)41-33-24(2)25(3)48-40-33/h7-8,11-12,14-15,18-21H,5-6,9-10,13,16-17,22-23H2,1-4H3,(H,40,41). The van der Waals surface area contributed by atoms with Crippen LogP contribution in [0.15, 0.2) is 75.5 Å². The molecule has 49 heavy (non-hydrogen) atoms. The number of carbonyl (C=O) groups is 2. The third-order valence-electron chi connectivity index (χ3n) is 9.38. The van der Waals surface area contributed by atoms with Crippen molar-refractivity contribution in [1.82, 2.24) is 24.9 Å². The fourth-order valence-electron chi connectivity index (χ4n) is 6.57. The highest BCUT2D eigenvalue weighted by molar-refractivity contribution is 7.92. The first-order valence-corrected chi connectivity index (χ1v) is 18.1. The molecule has 0 radical (unpaired) electrons. The Morgan fingerprint density at radius 3 is 2.55 bits per heavy atom. The Kier molecular flexibility index (Phi) is 9.64. The number of hydrogen-bond acceptors (Lipinski definition) is 9. The molecule has 12 nitrogen and oxygen atoms in total. The van der Waals surface area contributed by atoms with Gasteiger partial charge in [0.1, 0.15) is 22.8 Å². The molecule has 0 atom stereocenters. The second kappa shape index (κ2) is 13.9. The van der Waals surface area contributed by atoms with E-state index in [1.165, 1.54) is 29.6 Å². The first-order chi connectivity index (χ1) is 23.5. The summed E-state index contributed by atoms with van der Waals surface area (Å²) in [4.78, 5) is 43.9. The number of unbranched alkanes of at least 4 members (excludes halogenated alkanes) is 1. The van der Waals surface area contributed by atoms with Crippen molar-refractivity contribution in [3.63, 3.8) is 0 Å². The van der Waals surface area contributed by atoms with Crippen molar-refractivity contribution in [3.8, 4) is 11.1 Å². The van der Waals surface area contributed by atoms with Crippen molar-refractivity contribution < 1.29 is 22.5 Å². The van der Waals surface area contributed by atoms with Gasteiger partial charge in [-0.2, -0.15) is 0 Å². The van der Waals surface area contributed by atoms with Crippen LogP contribution >= 0.6 is 0 Å². The Balaban J connectivity index is 1.39. The van der Waals surface area contributed by atoms with E-state index in [-0.39, 0.29) is 34.8 Å². The number of aryl methyl sites for hydroxylation is 1. The van der Waals surface area contributed by atoms with Crippen molar-refractivity contribution >= 4 is 33.5 Å². The maximum Gasteiger partial charge on any atom is 0.274 e. The van der Waals surface area contributed by atoms with Gasteiger partial charge in [-0.1, -0.05) is 67.7 Å². The smallest absolute Gasteiger partial charge is 0.274 e. The molecule has 1 fully saturated rings. The Morgan fingerprint density at radius 1 is 1.08 bits per heavy atom. The van der Waals surface area contributed by atoms with Gasteiger partial charge in [0, 0.05) is 43.5 Å². The molecule has 1 spiro atoms. The van der Waals surface area contributed by atoms with Crippen molar-refractivity contribution in [2.24, 2.45) is 4.99 Å². The highest BCUT2D eigenvalue weighted by atomic mass is 32.2. The fraction of sp³-hybridized carbons (Fsp3) is 0.389. The number of benzene rings is 2. The minimum Gasteiger partial charge on any atom is -0.359 e. The zero-order chi connectivity index (χ0) is 34.8. The van der Waals surface area contributed by atoms with E-state index < -0.39 is 15.6 Å². The van der Waals surface area contributed by atoms with Crippen molar-refractivity contribution in [1.29, 1.82) is 0 Å². The molecule has 2 amide bonds. The molecule has 0 unspecified atom stereocenters. The van der Waals surface area contributed by atoms with Gasteiger partial charge in [0.05, 0.1) is 17.6 Å². The number of carbonyl (C=O) groups excluding carboxylic acids is 2. The van der Waals surface area contributed by atoms with E-state index in [2.05, 4.69) is 26.8 Å². The predicted molar refractivity (Wildman–Crippen MR) is 185 cm³/mol. The van der Waals surface area contributed by atoms with Gasteiger partial charge in [-0.3, -0.25) is 29.2 Å². The number of rotatable bonds is 12. The van der Waals surface area contributed by atoms with E-state index in [1.807, 2.05) is 23.1 Å². The van der Waals surface area contributed by atoms with E-state index >= 15 is 0 Å². The van der Waals surface area contributed by atoms with Crippen LogP contribution in [0.5, 0.6) is 0 Å². The number of anilines is 1. The lowest BCUT2D eigenvalue weighted by atomic mass is 9.96. The van der Waals surface area contributed by atoms with Crippen LogP contribution in [0.4, 0.5) is 5.82 Å². The number of amides is 2. The summed E-state index contributed by atoms with van der Waals surface area (Å²) < 4.78 is 35.4. The van der Waals surface area contributed by atoms with Crippen molar-refractivity contribution in [2.75, 3.05) is 11.8 Å². The molecule has 2 aliphatic rings. The fourth-order valence-corrected chi connectivity index (χ4v) is 7.85. The second-order valence-corrected chi connectivity index (χ2v) is 14.5. The van der Waals surface area contributed by atoms with Crippen LogP contribution < -0.4 is 4.72 Å². The summed E-state index contributed by atoms with van der Waals surface area (Å²) in [5.41, 5.74) is 2.73. The maximum atomic E-state index is 13.9. The number of aliphatic imine (C=N–C) groups is 1. The van der Waals surface area contributed by atoms with E-state index in [0.717, 1.165) is 56.3 Å². The van der Waals surface area contributed by atoms with Crippen LogP contribution in [-0.4, -0.2) is 63.6 Å². The minimum atomic E-state index is -4.11. The molecule has 6 rings (SSSR count). The molecule has 0 saturated heterocycles. The Bertz CT molecular complexity index is 2000. The molecule has 2 aromatic heterocycles. The van der Waals surface area contributed by atoms with Crippen LogP contribution in [0.25, 0.3) is 11.1 Å². The summed E-state index contributed by atoms with van der Waals surface area (Å²) >= 11 is 0. The molecule has 1 aliphatic heterocycles. The van der Waals surface area contributed by atoms with Crippen LogP contribution in [0.2, 0.25) is 0 Å². The van der Waals surface area contributed by atoms with Crippen LogP contribution in [0.1, 0.15) is 84.8 Å². The number of hydrogen-bond donors (Lipinski definition) is 1. The summed E-state index contributed by atoms with van der Waals surface area (Å²) in [5, 5.41) is 3.89. The van der Waals surface area contributed by atoms with E-state index in [4.69, 9.17) is 9.52 Å². The molecule has 13 heteroatoms. The van der Waals surface area contributed by atoms with Gasteiger partial charge in [-0.05, 0) is 55.9 Å². The molecule has 256 valence electrons. The van der Waals surface area contributed by atoms with Gasteiger partial charge in [-0.15, -0.1) is 0 Å². The largest absolute Gasteiger partial charge is 0.359 e. The van der Waals surface area contributed by atoms with Crippen LogP contribution in [0.3, 0.4) is 0 Å². The number of amidine groups is 1. The average molecular weight is 684 g/mol. The third kappa shape index (κ3) is 6.85. The third-order valence-corrected chi connectivity index (χ3v) is 10.8. The van der Waals surface area contributed by atoms with Crippen molar-refractivity contribution in [3.05, 3.63) is 89.2 Å². The first-order valence-electron chi connectivity index (χ1n) is 16.6.